The number of rotatable bonds is 4. The van der Waals surface area contributed by atoms with Crippen LogP contribution < -0.4 is 5.32 Å². The molecule has 2 atom stereocenters. The Balaban J connectivity index is 1.71. The highest BCUT2D eigenvalue weighted by Crippen LogP contribution is 2.30. The second kappa shape index (κ2) is 5.59. The molecule has 3 rings (SSSR count). The van der Waals surface area contributed by atoms with E-state index in [1.807, 2.05) is 12.1 Å². The third-order valence-corrected chi connectivity index (χ3v) is 6.42. The van der Waals surface area contributed by atoms with E-state index in [0.29, 0.717) is 17.0 Å². The highest BCUT2D eigenvalue weighted by atomic mass is 32.2. The van der Waals surface area contributed by atoms with E-state index < -0.39 is 10.0 Å². The van der Waals surface area contributed by atoms with E-state index in [0.717, 1.165) is 5.69 Å². The molecule has 2 heterocycles. The summed E-state index contributed by atoms with van der Waals surface area (Å²) in [4.78, 5) is 2.90. The molecule has 0 aromatic heterocycles. The quantitative estimate of drug-likeness (QED) is 0.917. The number of nitrogens with one attached hydrogen (secondary N) is 1. The summed E-state index contributed by atoms with van der Waals surface area (Å²) in [5, 5.41) is 3.57. The molecule has 1 aromatic rings. The van der Waals surface area contributed by atoms with Crippen LogP contribution >= 0.6 is 0 Å². The maximum absolute atomic E-state index is 12.0. The Morgan fingerprint density at radius 1 is 1.14 bits per heavy atom. The molecule has 2 aliphatic rings. The molecule has 21 heavy (non-hydrogen) atoms. The van der Waals surface area contributed by atoms with Crippen molar-refractivity contribution in [3.8, 4) is 0 Å². The lowest BCUT2D eigenvalue weighted by Gasteiger charge is -2.22. The Kier molecular flexibility index (Phi) is 3.94. The smallest absolute Gasteiger partial charge is 0.242 e. The predicted octanol–water partition coefficient (Wildman–Crippen LogP) is 1.59. The molecule has 2 unspecified atom stereocenters. The van der Waals surface area contributed by atoms with Crippen LogP contribution in [0.25, 0.3) is 0 Å². The minimum Gasteiger partial charge on any atom is -0.381 e. The van der Waals surface area contributed by atoms with Crippen molar-refractivity contribution in [2.24, 2.45) is 0 Å². The summed E-state index contributed by atoms with van der Waals surface area (Å²) in [6.07, 6.45) is 3.73. The van der Waals surface area contributed by atoms with Gasteiger partial charge < -0.3 is 5.32 Å². The summed E-state index contributed by atoms with van der Waals surface area (Å²) in [5.74, 6) is 0. The van der Waals surface area contributed by atoms with Crippen LogP contribution in [-0.4, -0.2) is 56.9 Å². The summed E-state index contributed by atoms with van der Waals surface area (Å²) < 4.78 is 25.3. The van der Waals surface area contributed by atoms with Crippen LogP contribution in [-0.2, 0) is 10.0 Å². The second-order valence-corrected chi connectivity index (χ2v) is 8.25. The topological polar surface area (TPSA) is 52.7 Å². The van der Waals surface area contributed by atoms with E-state index in [-0.39, 0.29) is 0 Å². The monoisotopic (exact) mass is 309 g/mol. The molecule has 0 saturated carbocycles. The molecule has 0 aliphatic carbocycles. The lowest BCUT2D eigenvalue weighted by Crippen LogP contribution is -2.33. The van der Waals surface area contributed by atoms with Crippen LogP contribution in [0.15, 0.2) is 29.2 Å². The van der Waals surface area contributed by atoms with E-state index >= 15 is 0 Å². The molecule has 2 aliphatic heterocycles. The van der Waals surface area contributed by atoms with Gasteiger partial charge in [-0.2, -0.15) is 0 Å². The van der Waals surface area contributed by atoms with Gasteiger partial charge in [0.15, 0.2) is 0 Å². The zero-order chi connectivity index (χ0) is 15.0. The van der Waals surface area contributed by atoms with Gasteiger partial charge in [0.2, 0.25) is 10.0 Å². The lowest BCUT2D eigenvalue weighted by molar-refractivity contribution is 0.318. The molecule has 116 valence electrons. The minimum absolute atomic E-state index is 0.340. The number of benzene rings is 1. The molecule has 2 saturated heterocycles. The van der Waals surface area contributed by atoms with Gasteiger partial charge in [-0.25, -0.2) is 12.7 Å². The SMILES string of the molecule is CN(C)S(=O)(=O)c1ccc(NC2CCN3CCCC23)cc1. The van der Waals surface area contributed by atoms with Crippen LogP contribution in [0.3, 0.4) is 0 Å². The largest absolute Gasteiger partial charge is 0.381 e. The van der Waals surface area contributed by atoms with E-state index in [9.17, 15) is 8.42 Å². The van der Waals surface area contributed by atoms with Crippen LogP contribution in [0.5, 0.6) is 0 Å². The summed E-state index contributed by atoms with van der Waals surface area (Å²) >= 11 is 0. The Bertz CT molecular complexity index is 598. The minimum atomic E-state index is -3.34. The first-order valence-electron chi connectivity index (χ1n) is 7.51. The maximum atomic E-state index is 12.0. The highest BCUT2D eigenvalue weighted by Gasteiger charge is 2.36. The van der Waals surface area contributed by atoms with Crippen molar-refractivity contribution in [3.05, 3.63) is 24.3 Å². The molecule has 5 nitrogen and oxygen atoms in total. The second-order valence-electron chi connectivity index (χ2n) is 6.10. The van der Waals surface area contributed by atoms with Gasteiger partial charge >= 0.3 is 0 Å². The van der Waals surface area contributed by atoms with Crippen LogP contribution in [0.1, 0.15) is 19.3 Å². The van der Waals surface area contributed by atoms with Crippen molar-refractivity contribution >= 4 is 15.7 Å². The van der Waals surface area contributed by atoms with Crippen LogP contribution in [0.4, 0.5) is 5.69 Å². The first kappa shape index (κ1) is 14.8. The fourth-order valence-corrected chi connectivity index (χ4v) is 4.30. The maximum Gasteiger partial charge on any atom is 0.242 e. The Morgan fingerprint density at radius 3 is 2.52 bits per heavy atom. The van der Waals surface area contributed by atoms with Crippen molar-refractivity contribution in [1.82, 2.24) is 9.21 Å². The van der Waals surface area contributed by atoms with Gasteiger partial charge in [0.05, 0.1) is 4.90 Å². The third kappa shape index (κ3) is 2.80. The summed E-state index contributed by atoms with van der Waals surface area (Å²) in [5.41, 5.74) is 1.01. The van der Waals surface area contributed by atoms with Crippen molar-refractivity contribution in [2.75, 3.05) is 32.5 Å². The van der Waals surface area contributed by atoms with Crippen LogP contribution in [0.2, 0.25) is 0 Å². The van der Waals surface area contributed by atoms with Gasteiger partial charge in [-0.3, -0.25) is 4.90 Å². The molecular weight excluding hydrogens is 286 g/mol. The third-order valence-electron chi connectivity index (χ3n) is 4.59. The Morgan fingerprint density at radius 2 is 1.86 bits per heavy atom. The number of sulfonamides is 1. The van der Waals surface area contributed by atoms with E-state index in [4.69, 9.17) is 0 Å². The van der Waals surface area contributed by atoms with Gasteiger partial charge in [-0.1, -0.05) is 0 Å². The highest BCUT2D eigenvalue weighted by molar-refractivity contribution is 7.89. The molecule has 1 N–H and O–H groups in total. The first-order chi connectivity index (χ1) is 9.98. The van der Waals surface area contributed by atoms with Crippen molar-refractivity contribution in [3.63, 3.8) is 0 Å². The molecule has 6 heteroatoms. The molecule has 0 radical (unpaired) electrons. The lowest BCUT2D eigenvalue weighted by atomic mass is 10.1. The van der Waals surface area contributed by atoms with Gasteiger partial charge in [-0.05, 0) is 50.1 Å². The number of hydrogen-bond donors (Lipinski definition) is 1. The molecular formula is C15H23N3O2S. The Labute approximate surface area is 127 Å². The summed E-state index contributed by atoms with van der Waals surface area (Å²) in [6, 6.07) is 8.24. The number of fused-ring (bicyclic) bond motifs is 1. The van der Waals surface area contributed by atoms with Gasteiger partial charge in [0.25, 0.3) is 0 Å². The van der Waals surface area contributed by atoms with Crippen molar-refractivity contribution < 1.29 is 8.42 Å². The zero-order valence-corrected chi connectivity index (χ0v) is 13.4. The number of hydrogen-bond acceptors (Lipinski definition) is 4. The predicted molar refractivity (Wildman–Crippen MR) is 83.9 cm³/mol. The average molecular weight is 309 g/mol. The fourth-order valence-electron chi connectivity index (χ4n) is 3.40. The van der Waals surface area contributed by atoms with E-state index in [2.05, 4.69) is 10.2 Å². The molecule has 0 bridgehead atoms. The number of nitrogens with zero attached hydrogens (tertiary/aromatic N) is 2. The molecule has 1 aromatic carbocycles. The number of anilines is 1. The van der Waals surface area contributed by atoms with Crippen molar-refractivity contribution in [1.29, 1.82) is 0 Å². The van der Waals surface area contributed by atoms with Gasteiger partial charge in [0, 0.05) is 38.4 Å². The first-order valence-corrected chi connectivity index (χ1v) is 8.96. The fraction of sp³-hybridized carbons (Fsp3) is 0.600. The standard InChI is InChI=1S/C15H23N3O2S/c1-17(2)21(19,20)13-7-5-12(6-8-13)16-14-9-11-18-10-3-4-15(14)18/h5-8,14-16H,3-4,9-11H2,1-2H3. The van der Waals surface area contributed by atoms with Gasteiger partial charge in [-0.15, -0.1) is 0 Å². The average Bonchev–Trinajstić information content (AvgIpc) is 3.04. The molecule has 2 fully saturated rings. The normalized spacial score (nSPS) is 26.2. The van der Waals surface area contributed by atoms with Gasteiger partial charge in [0.1, 0.15) is 0 Å². The van der Waals surface area contributed by atoms with E-state index in [1.54, 1.807) is 26.2 Å². The van der Waals surface area contributed by atoms with Crippen LogP contribution in [0, 0.1) is 0 Å². The van der Waals surface area contributed by atoms with Crippen molar-refractivity contribution in [2.45, 2.75) is 36.2 Å². The summed E-state index contributed by atoms with van der Waals surface area (Å²) in [6.45, 7) is 2.40. The summed E-state index contributed by atoms with van der Waals surface area (Å²) in [7, 11) is -0.237. The molecule has 0 amide bonds. The van der Waals surface area contributed by atoms with E-state index in [1.165, 1.54) is 36.7 Å². The Hall–Kier alpha value is -1.11. The molecule has 0 spiro atoms. The zero-order valence-electron chi connectivity index (χ0n) is 12.6.